The Labute approximate surface area is 203 Å². The van der Waals surface area contributed by atoms with Gasteiger partial charge in [-0.1, -0.05) is 31.0 Å². The second kappa shape index (κ2) is 10.2. The quantitative estimate of drug-likeness (QED) is 0.593. The SMILES string of the molecule is CCC1c2cccn2CCN1C(=O)COCC1CCCCN1S(=O)(=O)c1c(C)cc(C)cc1C. The molecule has 2 aromatic rings. The second-order valence-electron chi connectivity index (χ2n) is 9.65. The lowest BCUT2D eigenvalue weighted by Crippen LogP contribution is -2.47. The highest BCUT2D eigenvalue weighted by Crippen LogP contribution is 2.31. The number of nitrogens with zero attached hydrogens (tertiary/aromatic N) is 3. The molecule has 1 aromatic carbocycles. The molecule has 1 saturated heterocycles. The van der Waals surface area contributed by atoms with E-state index in [1.165, 1.54) is 0 Å². The number of aryl methyl sites for hydroxylation is 3. The van der Waals surface area contributed by atoms with Crippen LogP contribution in [0.4, 0.5) is 0 Å². The van der Waals surface area contributed by atoms with E-state index in [2.05, 4.69) is 23.8 Å². The Kier molecular flexibility index (Phi) is 7.50. The summed E-state index contributed by atoms with van der Waals surface area (Å²) in [5, 5.41) is 0. The molecule has 2 aliphatic heterocycles. The van der Waals surface area contributed by atoms with Crippen LogP contribution in [0.3, 0.4) is 0 Å². The molecular weight excluding hydrogens is 450 g/mol. The van der Waals surface area contributed by atoms with Gasteiger partial charge in [0.2, 0.25) is 15.9 Å². The number of carbonyl (C=O) groups excluding carboxylic acids is 1. The molecule has 0 radical (unpaired) electrons. The van der Waals surface area contributed by atoms with E-state index in [1.807, 2.05) is 43.9 Å². The minimum absolute atomic E-state index is 0.0236. The molecule has 0 saturated carbocycles. The van der Waals surface area contributed by atoms with Gasteiger partial charge in [0.05, 0.1) is 17.5 Å². The van der Waals surface area contributed by atoms with Gasteiger partial charge in [-0.3, -0.25) is 4.79 Å². The first-order valence-electron chi connectivity index (χ1n) is 12.4. The van der Waals surface area contributed by atoms with Crippen LogP contribution in [-0.4, -0.2) is 60.4 Å². The Bertz CT molecular complexity index is 1120. The zero-order valence-corrected chi connectivity index (χ0v) is 21.6. The van der Waals surface area contributed by atoms with Crippen molar-refractivity contribution in [2.45, 2.75) is 76.9 Å². The number of hydrogen-bond donors (Lipinski definition) is 0. The molecule has 34 heavy (non-hydrogen) atoms. The Morgan fingerprint density at radius 3 is 2.53 bits per heavy atom. The minimum atomic E-state index is -3.64. The van der Waals surface area contributed by atoms with Gasteiger partial charge in [0.1, 0.15) is 6.61 Å². The van der Waals surface area contributed by atoms with Crippen molar-refractivity contribution in [3.05, 3.63) is 52.8 Å². The fraction of sp³-hybridized carbons (Fsp3) is 0.577. The van der Waals surface area contributed by atoms with Crippen LogP contribution in [0.15, 0.2) is 35.4 Å². The molecule has 2 aliphatic rings. The van der Waals surface area contributed by atoms with Gasteiger partial charge in [0.15, 0.2) is 0 Å². The molecule has 4 rings (SSSR count). The molecule has 0 N–H and O–H groups in total. The van der Waals surface area contributed by atoms with Gasteiger partial charge in [-0.25, -0.2) is 8.42 Å². The number of carbonyl (C=O) groups is 1. The lowest BCUT2D eigenvalue weighted by atomic mass is 10.1. The second-order valence-corrected chi connectivity index (χ2v) is 11.5. The number of benzene rings is 1. The summed E-state index contributed by atoms with van der Waals surface area (Å²) < 4.78 is 37.0. The lowest BCUT2D eigenvalue weighted by Gasteiger charge is -2.37. The maximum atomic E-state index is 13.7. The number of aromatic nitrogens is 1. The summed E-state index contributed by atoms with van der Waals surface area (Å²) >= 11 is 0. The third kappa shape index (κ3) is 4.81. The monoisotopic (exact) mass is 487 g/mol. The topological polar surface area (TPSA) is 71.8 Å². The van der Waals surface area contributed by atoms with Gasteiger partial charge < -0.3 is 14.2 Å². The van der Waals surface area contributed by atoms with Gasteiger partial charge in [-0.2, -0.15) is 4.31 Å². The molecule has 2 atom stereocenters. The van der Waals surface area contributed by atoms with Gasteiger partial charge in [0.25, 0.3) is 0 Å². The average Bonchev–Trinajstić information content (AvgIpc) is 3.26. The lowest BCUT2D eigenvalue weighted by molar-refractivity contribution is -0.140. The highest BCUT2D eigenvalue weighted by Gasteiger charge is 2.36. The number of piperidine rings is 1. The molecule has 186 valence electrons. The number of hydrogen-bond acceptors (Lipinski definition) is 4. The van der Waals surface area contributed by atoms with Gasteiger partial charge >= 0.3 is 0 Å². The van der Waals surface area contributed by atoms with Crippen molar-refractivity contribution in [1.82, 2.24) is 13.8 Å². The van der Waals surface area contributed by atoms with Crippen LogP contribution in [0.25, 0.3) is 0 Å². The van der Waals surface area contributed by atoms with Crippen LogP contribution in [0, 0.1) is 20.8 Å². The Balaban J connectivity index is 1.43. The molecule has 3 heterocycles. The predicted molar refractivity (Wildman–Crippen MR) is 132 cm³/mol. The molecule has 1 aromatic heterocycles. The number of amides is 1. The van der Waals surface area contributed by atoms with Gasteiger partial charge in [-0.05, 0) is 63.3 Å². The molecular formula is C26H37N3O4S. The molecule has 0 aliphatic carbocycles. The van der Waals surface area contributed by atoms with E-state index >= 15 is 0 Å². The highest BCUT2D eigenvalue weighted by molar-refractivity contribution is 7.89. The van der Waals surface area contributed by atoms with Crippen molar-refractivity contribution < 1.29 is 17.9 Å². The van der Waals surface area contributed by atoms with Crippen LogP contribution in [-0.2, 0) is 26.1 Å². The number of ether oxygens (including phenoxy) is 1. The van der Waals surface area contributed by atoms with Gasteiger partial charge in [-0.15, -0.1) is 0 Å². The Hall–Kier alpha value is -2.16. The van der Waals surface area contributed by atoms with Crippen molar-refractivity contribution in [2.24, 2.45) is 0 Å². The number of sulfonamides is 1. The summed E-state index contributed by atoms with van der Waals surface area (Å²) in [4.78, 5) is 15.3. The smallest absolute Gasteiger partial charge is 0.249 e. The Morgan fingerprint density at radius 1 is 1.09 bits per heavy atom. The summed E-state index contributed by atoms with van der Waals surface area (Å²) in [6.45, 7) is 9.94. The zero-order valence-electron chi connectivity index (χ0n) is 20.8. The van der Waals surface area contributed by atoms with E-state index < -0.39 is 10.0 Å². The summed E-state index contributed by atoms with van der Waals surface area (Å²) in [5.74, 6) is -0.0326. The fourth-order valence-corrected chi connectivity index (χ4v) is 7.80. The average molecular weight is 488 g/mol. The summed E-state index contributed by atoms with van der Waals surface area (Å²) in [7, 11) is -3.64. The van der Waals surface area contributed by atoms with Crippen LogP contribution in [0.1, 0.15) is 61.0 Å². The molecule has 2 unspecified atom stereocenters. The summed E-state index contributed by atoms with van der Waals surface area (Å²) in [6.07, 6.45) is 5.45. The third-order valence-electron chi connectivity index (χ3n) is 7.15. The molecule has 1 amide bonds. The largest absolute Gasteiger partial charge is 0.370 e. The molecule has 1 fully saturated rings. The van der Waals surface area contributed by atoms with E-state index in [0.29, 0.717) is 18.0 Å². The van der Waals surface area contributed by atoms with Gasteiger partial charge in [0, 0.05) is 37.6 Å². The highest BCUT2D eigenvalue weighted by atomic mass is 32.2. The standard InChI is InChI=1S/C26H37N3O4S/c1-5-23-24-10-8-11-27(24)13-14-28(23)25(30)18-33-17-22-9-6-7-12-29(22)34(31,32)26-20(3)15-19(2)16-21(26)4/h8,10-11,15-16,22-23H,5-7,9,12-14,17-18H2,1-4H3. The van der Waals surface area contributed by atoms with Crippen molar-refractivity contribution >= 4 is 15.9 Å². The number of fused-ring (bicyclic) bond motifs is 1. The molecule has 0 spiro atoms. The van der Waals surface area contributed by atoms with E-state index in [0.717, 1.165) is 54.6 Å². The van der Waals surface area contributed by atoms with E-state index in [9.17, 15) is 13.2 Å². The molecule has 8 heteroatoms. The third-order valence-corrected chi connectivity index (χ3v) is 9.41. The zero-order chi connectivity index (χ0) is 24.5. The van der Waals surface area contributed by atoms with Crippen LogP contribution >= 0.6 is 0 Å². The van der Waals surface area contributed by atoms with E-state index in [1.54, 1.807) is 4.31 Å². The van der Waals surface area contributed by atoms with Crippen LogP contribution in [0.2, 0.25) is 0 Å². The van der Waals surface area contributed by atoms with Crippen LogP contribution in [0.5, 0.6) is 0 Å². The first-order valence-corrected chi connectivity index (χ1v) is 13.8. The normalized spacial score (nSPS) is 21.5. The Morgan fingerprint density at radius 2 is 1.82 bits per heavy atom. The van der Waals surface area contributed by atoms with E-state index in [-0.39, 0.29) is 31.2 Å². The fourth-order valence-electron chi connectivity index (χ4n) is 5.71. The number of rotatable bonds is 7. The molecule has 0 bridgehead atoms. The van der Waals surface area contributed by atoms with Crippen LogP contribution < -0.4 is 0 Å². The summed E-state index contributed by atoms with van der Waals surface area (Å²) in [5.41, 5.74) is 3.77. The minimum Gasteiger partial charge on any atom is -0.370 e. The van der Waals surface area contributed by atoms with Crippen molar-refractivity contribution in [1.29, 1.82) is 0 Å². The maximum Gasteiger partial charge on any atom is 0.249 e. The van der Waals surface area contributed by atoms with E-state index in [4.69, 9.17) is 4.74 Å². The maximum absolute atomic E-state index is 13.7. The predicted octanol–water partition coefficient (Wildman–Crippen LogP) is 3.97. The van der Waals surface area contributed by atoms with Crippen molar-refractivity contribution in [2.75, 3.05) is 26.3 Å². The summed E-state index contributed by atoms with van der Waals surface area (Å²) in [6, 6.07) is 7.75. The van der Waals surface area contributed by atoms with Crippen molar-refractivity contribution in [3.8, 4) is 0 Å². The molecule has 7 nitrogen and oxygen atoms in total. The first-order chi connectivity index (χ1) is 16.2. The first kappa shape index (κ1) is 24.9. The van der Waals surface area contributed by atoms with Crippen molar-refractivity contribution in [3.63, 3.8) is 0 Å².